The molecule has 25 heavy (non-hydrogen) atoms. The van der Waals surface area contributed by atoms with Crippen LogP contribution in [0.4, 0.5) is 0 Å². The summed E-state index contributed by atoms with van der Waals surface area (Å²) in [6.07, 6.45) is 1.63. The van der Waals surface area contributed by atoms with Crippen molar-refractivity contribution in [3.8, 4) is 0 Å². The number of benzene rings is 1. The molecule has 0 aliphatic rings. The molecule has 2 atom stereocenters. The summed E-state index contributed by atoms with van der Waals surface area (Å²) in [5.41, 5.74) is 6.99. The first-order chi connectivity index (χ1) is 11.4. The number of aliphatic carboxylic acids is 2. The Hall–Kier alpha value is -2.58. The van der Waals surface area contributed by atoms with Gasteiger partial charge in [-0.15, -0.1) is 12.4 Å². The largest absolute Gasteiger partial charge is 0.480 e. The van der Waals surface area contributed by atoms with Crippen molar-refractivity contribution in [1.82, 2.24) is 10.3 Å². The molecule has 0 spiro atoms. The summed E-state index contributed by atoms with van der Waals surface area (Å²) in [5, 5.41) is 21.3. The number of halogens is 1. The van der Waals surface area contributed by atoms with Crippen molar-refractivity contribution >= 4 is 41.2 Å². The van der Waals surface area contributed by atoms with Crippen molar-refractivity contribution in [1.29, 1.82) is 0 Å². The number of carbonyl (C=O) groups is 3. The normalized spacial score (nSPS) is 12.8. The second-order valence-electron chi connectivity index (χ2n) is 5.51. The van der Waals surface area contributed by atoms with E-state index >= 15 is 0 Å². The van der Waals surface area contributed by atoms with Gasteiger partial charge >= 0.3 is 11.9 Å². The Morgan fingerprint density at radius 2 is 1.84 bits per heavy atom. The maximum Gasteiger partial charge on any atom is 0.326 e. The molecular formula is C16H20ClN3O5. The molecule has 0 saturated carbocycles. The van der Waals surface area contributed by atoms with Crippen LogP contribution in [0, 0.1) is 0 Å². The summed E-state index contributed by atoms with van der Waals surface area (Å²) < 4.78 is 0. The molecule has 136 valence electrons. The molecule has 1 aromatic heterocycles. The number of carboxylic acids is 2. The smallest absolute Gasteiger partial charge is 0.326 e. The minimum absolute atomic E-state index is 0. The number of hydrogen-bond acceptors (Lipinski definition) is 4. The van der Waals surface area contributed by atoms with Crippen LogP contribution in [-0.2, 0) is 20.8 Å². The maximum atomic E-state index is 11.8. The molecular weight excluding hydrogens is 350 g/mol. The van der Waals surface area contributed by atoms with Crippen LogP contribution >= 0.6 is 12.4 Å². The first kappa shape index (κ1) is 20.5. The summed E-state index contributed by atoms with van der Waals surface area (Å²) in [7, 11) is 0. The number of amides is 1. The van der Waals surface area contributed by atoms with Gasteiger partial charge in [0, 0.05) is 29.9 Å². The molecule has 0 aliphatic heterocycles. The number of aromatic nitrogens is 1. The number of nitrogens with one attached hydrogen (secondary N) is 2. The predicted octanol–water partition coefficient (Wildman–Crippen LogP) is 0.894. The maximum absolute atomic E-state index is 11.8. The highest BCUT2D eigenvalue weighted by atomic mass is 35.5. The molecule has 0 saturated heterocycles. The fraction of sp³-hybridized carbons (Fsp3) is 0.312. The average Bonchev–Trinajstić information content (AvgIpc) is 2.95. The van der Waals surface area contributed by atoms with Gasteiger partial charge in [-0.25, -0.2) is 4.79 Å². The number of carboxylic acid groups (broad SMARTS) is 2. The van der Waals surface area contributed by atoms with Crippen molar-refractivity contribution in [2.75, 3.05) is 0 Å². The van der Waals surface area contributed by atoms with Gasteiger partial charge in [0.25, 0.3) is 0 Å². The van der Waals surface area contributed by atoms with Crippen molar-refractivity contribution in [3.05, 3.63) is 36.0 Å². The second-order valence-corrected chi connectivity index (χ2v) is 5.51. The number of H-pyrrole nitrogens is 1. The van der Waals surface area contributed by atoms with Crippen LogP contribution in [0.1, 0.15) is 18.4 Å². The Morgan fingerprint density at radius 1 is 1.16 bits per heavy atom. The molecule has 1 heterocycles. The SMILES string of the molecule is Cl.N[C@H](CCC(=O)NC(Cc1c[nH]c2ccccc12)C(=O)O)C(=O)O. The van der Waals surface area contributed by atoms with Crippen LogP contribution in [0.15, 0.2) is 30.5 Å². The van der Waals surface area contributed by atoms with E-state index in [1.165, 1.54) is 0 Å². The molecule has 2 aromatic rings. The molecule has 9 heteroatoms. The lowest BCUT2D eigenvalue weighted by Gasteiger charge is -2.15. The second kappa shape index (κ2) is 9.05. The molecule has 6 N–H and O–H groups in total. The number of aromatic amines is 1. The van der Waals surface area contributed by atoms with E-state index in [0.29, 0.717) is 0 Å². The molecule has 0 fully saturated rings. The summed E-state index contributed by atoms with van der Waals surface area (Å²) in [4.78, 5) is 36.9. The van der Waals surface area contributed by atoms with Gasteiger partial charge in [-0.05, 0) is 18.1 Å². The van der Waals surface area contributed by atoms with E-state index in [-0.39, 0.29) is 31.7 Å². The molecule has 0 bridgehead atoms. The zero-order chi connectivity index (χ0) is 17.7. The highest BCUT2D eigenvalue weighted by molar-refractivity contribution is 5.87. The molecule has 1 unspecified atom stereocenters. The number of para-hydroxylation sites is 1. The third kappa shape index (κ3) is 5.47. The van der Waals surface area contributed by atoms with Crippen LogP contribution in [0.2, 0.25) is 0 Å². The lowest BCUT2D eigenvalue weighted by molar-refractivity contribution is -0.142. The van der Waals surface area contributed by atoms with Crippen molar-refractivity contribution in [3.63, 3.8) is 0 Å². The van der Waals surface area contributed by atoms with E-state index < -0.39 is 29.9 Å². The van der Waals surface area contributed by atoms with Gasteiger partial charge in [-0.3, -0.25) is 9.59 Å². The van der Waals surface area contributed by atoms with E-state index in [9.17, 15) is 19.5 Å². The zero-order valence-corrected chi connectivity index (χ0v) is 14.1. The highest BCUT2D eigenvalue weighted by Crippen LogP contribution is 2.19. The van der Waals surface area contributed by atoms with Crippen LogP contribution < -0.4 is 11.1 Å². The van der Waals surface area contributed by atoms with Crippen LogP contribution in [0.25, 0.3) is 10.9 Å². The Kier molecular flexibility index (Phi) is 7.41. The summed E-state index contributed by atoms with van der Waals surface area (Å²) >= 11 is 0. The van der Waals surface area contributed by atoms with E-state index in [4.69, 9.17) is 10.8 Å². The Bertz CT molecular complexity index is 761. The van der Waals surface area contributed by atoms with Crippen LogP contribution in [-0.4, -0.2) is 45.1 Å². The minimum Gasteiger partial charge on any atom is -0.480 e. The van der Waals surface area contributed by atoms with E-state index in [2.05, 4.69) is 10.3 Å². The number of carbonyl (C=O) groups excluding carboxylic acids is 1. The van der Waals surface area contributed by atoms with Crippen molar-refractivity contribution < 1.29 is 24.6 Å². The first-order valence-corrected chi connectivity index (χ1v) is 7.44. The van der Waals surface area contributed by atoms with E-state index in [0.717, 1.165) is 16.5 Å². The number of hydrogen-bond donors (Lipinski definition) is 5. The molecule has 1 aromatic carbocycles. The van der Waals surface area contributed by atoms with Gasteiger partial charge in [0.15, 0.2) is 0 Å². The standard InChI is InChI=1S/C16H19N3O5.ClH/c17-11(15(21)22)5-6-14(20)19-13(16(23)24)7-9-8-18-12-4-2-1-3-10(9)12;/h1-4,8,11,13,18H,5-7,17H2,(H,19,20)(H,21,22)(H,23,24);1H/t11-,13?;/m1./s1. The van der Waals surface area contributed by atoms with Crippen LogP contribution in [0.3, 0.4) is 0 Å². The fourth-order valence-electron chi connectivity index (χ4n) is 2.40. The number of fused-ring (bicyclic) bond motifs is 1. The van der Waals surface area contributed by atoms with Gasteiger partial charge in [0.1, 0.15) is 12.1 Å². The Morgan fingerprint density at radius 3 is 2.48 bits per heavy atom. The third-order valence-electron chi connectivity index (χ3n) is 3.73. The fourth-order valence-corrected chi connectivity index (χ4v) is 2.40. The average molecular weight is 370 g/mol. The summed E-state index contributed by atoms with van der Waals surface area (Å²) in [6, 6.07) is 5.21. The van der Waals surface area contributed by atoms with Gasteiger partial charge in [0.2, 0.25) is 5.91 Å². The summed E-state index contributed by atoms with van der Waals surface area (Å²) in [6.45, 7) is 0. The Balaban J connectivity index is 0.00000312. The monoisotopic (exact) mass is 369 g/mol. The lowest BCUT2D eigenvalue weighted by atomic mass is 10.0. The zero-order valence-electron chi connectivity index (χ0n) is 13.3. The van der Waals surface area contributed by atoms with Gasteiger partial charge in [-0.2, -0.15) is 0 Å². The quantitative estimate of drug-likeness (QED) is 0.467. The molecule has 2 rings (SSSR count). The van der Waals surface area contributed by atoms with E-state index in [1.54, 1.807) is 6.20 Å². The van der Waals surface area contributed by atoms with E-state index in [1.807, 2.05) is 24.3 Å². The van der Waals surface area contributed by atoms with Crippen molar-refractivity contribution in [2.24, 2.45) is 5.73 Å². The number of rotatable bonds is 8. The van der Waals surface area contributed by atoms with Crippen LogP contribution in [0.5, 0.6) is 0 Å². The minimum atomic E-state index is -1.20. The molecule has 1 amide bonds. The van der Waals surface area contributed by atoms with Gasteiger partial charge in [-0.1, -0.05) is 18.2 Å². The molecule has 0 radical (unpaired) electrons. The first-order valence-electron chi connectivity index (χ1n) is 7.44. The predicted molar refractivity (Wildman–Crippen MR) is 93.7 cm³/mol. The Labute approximate surface area is 149 Å². The topological polar surface area (TPSA) is 146 Å². The van der Waals surface area contributed by atoms with Gasteiger partial charge < -0.3 is 26.2 Å². The highest BCUT2D eigenvalue weighted by Gasteiger charge is 2.22. The van der Waals surface area contributed by atoms with Crippen molar-refractivity contribution in [2.45, 2.75) is 31.3 Å². The summed E-state index contributed by atoms with van der Waals surface area (Å²) in [5.74, 6) is -2.90. The number of nitrogens with two attached hydrogens (primary N) is 1. The van der Waals surface area contributed by atoms with Gasteiger partial charge in [0.05, 0.1) is 0 Å². The molecule has 8 nitrogen and oxygen atoms in total. The molecule has 0 aliphatic carbocycles. The lowest BCUT2D eigenvalue weighted by Crippen LogP contribution is -2.43. The third-order valence-corrected chi connectivity index (χ3v) is 3.73.